The molecule has 0 fully saturated rings. The van der Waals surface area contributed by atoms with E-state index in [0.29, 0.717) is 5.71 Å². The van der Waals surface area contributed by atoms with Gasteiger partial charge in [0, 0.05) is 6.20 Å². The maximum atomic E-state index is 10.5. The maximum Gasteiger partial charge on any atom is 0.332 e. The number of thiophene rings is 1. The van der Waals surface area contributed by atoms with Gasteiger partial charge in [-0.25, -0.2) is 15.2 Å². The lowest BCUT2D eigenvalue weighted by Gasteiger charge is -1.95. The van der Waals surface area contributed by atoms with Crippen LogP contribution in [0.5, 0.6) is 0 Å². The van der Waals surface area contributed by atoms with Crippen LogP contribution in [-0.2, 0) is 0 Å². The third-order valence-corrected chi connectivity index (χ3v) is 4.07. The van der Waals surface area contributed by atoms with E-state index >= 15 is 0 Å². The van der Waals surface area contributed by atoms with E-state index < -0.39 is 6.03 Å². The number of carbonyl (C=O) groups is 1. The van der Waals surface area contributed by atoms with Gasteiger partial charge in [0.1, 0.15) is 5.01 Å². The second-order valence-corrected chi connectivity index (χ2v) is 5.16. The lowest BCUT2D eigenvalue weighted by molar-refractivity contribution is 0.249. The predicted octanol–water partition coefficient (Wildman–Crippen LogP) is 2.26. The molecule has 7 heteroatoms. The second kappa shape index (κ2) is 5.07. The molecule has 5 nitrogen and oxygen atoms in total. The molecule has 0 bridgehead atoms. The van der Waals surface area contributed by atoms with Crippen LogP contribution in [0, 0.1) is 0 Å². The number of carbonyl (C=O) groups excluding carboxylic acids is 1. The molecular formula is C10H10N4OS2. The Morgan fingerprint density at radius 2 is 2.41 bits per heavy atom. The highest BCUT2D eigenvalue weighted by Crippen LogP contribution is 2.28. The average molecular weight is 266 g/mol. The molecule has 2 amide bonds. The Labute approximate surface area is 106 Å². The number of rotatable bonds is 3. The normalized spacial score (nSPS) is 11.5. The fourth-order valence-corrected chi connectivity index (χ4v) is 2.81. The number of hydrogen-bond acceptors (Lipinski definition) is 5. The van der Waals surface area contributed by atoms with Crippen molar-refractivity contribution < 1.29 is 4.79 Å². The van der Waals surface area contributed by atoms with Gasteiger partial charge >= 0.3 is 6.03 Å². The van der Waals surface area contributed by atoms with Crippen LogP contribution in [-0.4, -0.2) is 16.7 Å². The Hall–Kier alpha value is -1.73. The summed E-state index contributed by atoms with van der Waals surface area (Å²) in [6.45, 7) is 1.79. The number of hydrogen-bond donors (Lipinski definition) is 2. The molecule has 2 rings (SSSR count). The van der Waals surface area contributed by atoms with Gasteiger partial charge < -0.3 is 5.73 Å². The Morgan fingerprint density at radius 1 is 1.59 bits per heavy atom. The fraction of sp³-hybridized carbons (Fsp3) is 0.100. The first-order chi connectivity index (χ1) is 8.16. The average Bonchev–Trinajstić information content (AvgIpc) is 2.94. The first-order valence-electron chi connectivity index (χ1n) is 4.76. The van der Waals surface area contributed by atoms with Crippen molar-refractivity contribution in [1.29, 1.82) is 0 Å². The van der Waals surface area contributed by atoms with E-state index in [-0.39, 0.29) is 0 Å². The summed E-state index contributed by atoms with van der Waals surface area (Å²) in [5.74, 6) is 0. The van der Waals surface area contributed by atoms with E-state index in [2.05, 4.69) is 15.5 Å². The first kappa shape index (κ1) is 11.7. The van der Waals surface area contributed by atoms with Crippen LogP contribution < -0.4 is 11.2 Å². The zero-order valence-electron chi connectivity index (χ0n) is 9.01. The van der Waals surface area contributed by atoms with Gasteiger partial charge in [0.2, 0.25) is 0 Å². The lowest BCUT2D eigenvalue weighted by Crippen LogP contribution is -2.25. The van der Waals surface area contributed by atoms with Gasteiger partial charge in [-0.1, -0.05) is 6.07 Å². The van der Waals surface area contributed by atoms with Gasteiger partial charge in [0.25, 0.3) is 0 Å². The molecule has 17 heavy (non-hydrogen) atoms. The molecule has 0 unspecified atom stereocenters. The molecule has 0 aliphatic rings. The van der Waals surface area contributed by atoms with Crippen molar-refractivity contribution in [2.45, 2.75) is 6.92 Å². The van der Waals surface area contributed by atoms with E-state index in [1.54, 1.807) is 24.5 Å². The minimum Gasteiger partial charge on any atom is -0.350 e. The SMILES string of the molecule is C/C(=N\NC(N)=O)c1cnc(-c2cccs2)s1. The molecule has 3 N–H and O–H groups in total. The Kier molecular flexibility index (Phi) is 3.50. The molecule has 0 atom stereocenters. The molecule has 0 aliphatic carbocycles. The van der Waals surface area contributed by atoms with E-state index in [1.165, 1.54) is 11.3 Å². The van der Waals surface area contributed by atoms with Gasteiger partial charge in [-0.15, -0.1) is 22.7 Å². The highest BCUT2D eigenvalue weighted by molar-refractivity contribution is 7.22. The van der Waals surface area contributed by atoms with Crippen molar-refractivity contribution in [2.24, 2.45) is 10.8 Å². The summed E-state index contributed by atoms with van der Waals surface area (Å²) in [5, 5.41) is 6.81. The molecule has 0 aromatic carbocycles. The quantitative estimate of drug-likeness (QED) is 0.660. The molecule has 2 aromatic heterocycles. The Bertz CT molecular complexity index is 544. The second-order valence-electron chi connectivity index (χ2n) is 3.18. The van der Waals surface area contributed by atoms with Crippen LogP contribution >= 0.6 is 22.7 Å². The van der Waals surface area contributed by atoms with Crippen LogP contribution in [0.1, 0.15) is 11.8 Å². The lowest BCUT2D eigenvalue weighted by atomic mass is 10.4. The summed E-state index contributed by atoms with van der Waals surface area (Å²) >= 11 is 3.16. The van der Waals surface area contributed by atoms with Crippen molar-refractivity contribution in [2.75, 3.05) is 0 Å². The number of nitrogens with two attached hydrogens (primary N) is 1. The number of aromatic nitrogens is 1. The molecule has 0 spiro atoms. The summed E-state index contributed by atoms with van der Waals surface area (Å²) in [4.78, 5) is 16.9. The van der Waals surface area contributed by atoms with Crippen molar-refractivity contribution in [1.82, 2.24) is 10.4 Å². The smallest absolute Gasteiger partial charge is 0.332 e. The van der Waals surface area contributed by atoms with E-state index in [0.717, 1.165) is 14.8 Å². The number of urea groups is 1. The summed E-state index contributed by atoms with van der Waals surface area (Å²) in [5.41, 5.74) is 7.81. The van der Waals surface area contributed by atoms with Gasteiger partial charge in [-0.05, 0) is 18.4 Å². The van der Waals surface area contributed by atoms with E-state index in [4.69, 9.17) is 5.73 Å². The first-order valence-corrected chi connectivity index (χ1v) is 6.46. The zero-order chi connectivity index (χ0) is 12.3. The summed E-state index contributed by atoms with van der Waals surface area (Å²) in [7, 11) is 0. The van der Waals surface area contributed by atoms with Crippen LogP contribution in [0.15, 0.2) is 28.8 Å². The third-order valence-electron chi connectivity index (χ3n) is 1.93. The van der Waals surface area contributed by atoms with Crippen molar-refractivity contribution in [3.8, 4) is 9.88 Å². The van der Waals surface area contributed by atoms with Gasteiger partial charge in [0.05, 0.1) is 15.5 Å². The number of thiazole rings is 1. The van der Waals surface area contributed by atoms with Crippen LogP contribution in [0.2, 0.25) is 0 Å². The molecule has 0 radical (unpaired) electrons. The maximum absolute atomic E-state index is 10.5. The van der Waals surface area contributed by atoms with Gasteiger partial charge in [0.15, 0.2) is 0 Å². The van der Waals surface area contributed by atoms with Gasteiger partial charge in [-0.2, -0.15) is 5.10 Å². The molecule has 0 aliphatic heterocycles. The summed E-state index contributed by atoms with van der Waals surface area (Å²) in [6, 6.07) is 3.32. The topological polar surface area (TPSA) is 80.4 Å². The number of hydrazone groups is 1. The number of amides is 2. The Balaban J connectivity index is 2.18. The highest BCUT2D eigenvalue weighted by Gasteiger charge is 2.07. The fourth-order valence-electron chi connectivity index (χ4n) is 1.15. The molecular weight excluding hydrogens is 256 g/mol. The standard InChI is InChI=1S/C10H10N4OS2/c1-6(13-14-10(11)15)8-5-12-9(17-8)7-3-2-4-16-7/h2-5H,1H3,(H3,11,14,15)/b13-6+. The van der Waals surface area contributed by atoms with Gasteiger partial charge in [-0.3, -0.25) is 0 Å². The van der Waals surface area contributed by atoms with E-state index in [1.807, 2.05) is 17.5 Å². The summed E-state index contributed by atoms with van der Waals surface area (Å²) < 4.78 is 0. The number of primary amides is 1. The minimum absolute atomic E-state index is 0.674. The number of nitrogens with zero attached hydrogens (tertiary/aromatic N) is 2. The zero-order valence-corrected chi connectivity index (χ0v) is 10.6. The third kappa shape index (κ3) is 2.89. The number of nitrogens with one attached hydrogen (secondary N) is 1. The minimum atomic E-state index is -0.674. The predicted molar refractivity (Wildman–Crippen MR) is 70.4 cm³/mol. The molecule has 2 aromatic rings. The Morgan fingerprint density at radius 3 is 3.06 bits per heavy atom. The highest BCUT2D eigenvalue weighted by atomic mass is 32.1. The molecule has 88 valence electrons. The van der Waals surface area contributed by atoms with Crippen LogP contribution in [0.4, 0.5) is 4.79 Å². The molecule has 2 heterocycles. The largest absolute Gasteiger partial charge is 0.350 e. The van der Waals surface area contributed by atoms with Crippen molar-refractivity contribution in [3.05, 3.63) is 28.6 Å². The summed E-state index contributed by atoms with van der Waals surface area (Å²) in [6.07, 6.45) is 1.74. The van der Waals surface area contributed by atoms with Crippen molar-refractivity contribution in [3.63, 3.8) is 0 Å². The van der Waals surface area contributed by atoms with Crippen molar-refractivity contribution >= 4 is 34.4 Å². The van der Waals surface area contributed by atoms with Crippen LogP contribution in [0.25, 0.3) is 9.88 Å². The monoisotopic (exact) mass is 266 g/mol. The van der Waals surface area contributed by atoms with E-state index in [9.17, 15) is 4.79 Å². The molecule has 0 saturated heterocycles. The molecule has 0 saturated carbocycles. The van der Waals surface area contributed by atoms with Crippen LogP contribution in [0.3, 0.4) is 0 Å².